The molecule has 2 heterocycles. The Kier molecular flexibility index (Phi) is 2.22. The Bertz CT molecular complexity index is 552. The number of carbonyl (C=O) groups is 1. The third-order valence-corrected chi connectivity index (χ3v) is 2.52. The smallest absolute Gasteiger partial charge is 0.294 e. The molecule has 1 fully saturated rings. The van der Waals surface area contributed by atoms with Gasteiger partial charge in [-0.05, 0) is 36.0 Å². The molecule has 1 saturated heterocycles. The highest BCUT2D eigenvalue weighted by Gasteiger charge is 2.23. The van der Waals surface area contributed by atoms with Gasteiger partial charge in [0.25, 0.3) is 11.1 Å². The van der Waals surface area contributed by atoms with Crippen LogP contribution in [0.2, 0.25) is 0 Å². The number of nitrogens with one attached hydrogen (secondary N) is 1. The van der Waals surface area contributed by atoms with Gasteiger partial charge in [-0.15, -0.1) is 0 Å². The molecule has 1 aromatic rings. The molecule has 0 aromatic heterocycles. The molecule has 1 amide bonds. The molecule has 17 heavy (non-hydrogen) atoms. The molecule has 2 aliphatic heterocycles. The lowest BCUT2D eigenvalue weighted by molar-refractivity contribution is -0.116. The van der Waals surface area contributed by atoms with E-state index in [1.807, 2.05) is 0 Å². The normalized spacial score (nSPS) is 19.4. The summed E-state index contributed by atoms with van der Waals surface area (Å²) in [5.41, 5.74) is 0.782. The fraction of sp³-hybridized carbons (Fsp3) is 0.0909. The zero-order chi connectivity index (χ0) is 11.8. The number of fused-ring (bicyclic) bond motifs is 1. The summed E-state index contributed by atoms with van der Waals surface area (Å²) in [4.78, 5) is 11.4. The molecule has 3 rings (SSSR count). The fourth-order valence-corrected chi connectivity index (χ4v) is 1.76. The van der Waals surface area contributed by atoms with E-state index in [2.05, 4.69) is 5.32 Å². The van der Waals surface area contributed by atoms with E-state index < -0.39 is 0 Å². The lowest BCUT2D eigenvalue weighted by atomic mass is 10.2. The van der Waals surface area contributed by atoms with E-state index in [0.717, 1.165) is 5.56 Å². The molecule has 0 spiro atoms. The maximum atomic E-state index is 11.4. The average molecular weight is 249 g/mol. The lowest BCUT2D eigenvalue weighted by Gasteiger charge is -1.98. The molecule has 6 heteroatoms. The number of hydrogen-bond donors (Lipinski definition) is 1. The zero-order valence-electron chi connectivity index (χ0n) is 8.56. The predicted molar refractivity (Wildman–Crippen MR) is 62.4 cm³/mol. The Morgan fingerprint density at radius 3 is 2.88 bits per heavy atom. The first kappa shape index (κ1) is 10.1. The van der Waals surface area contributed by atoms with Crippen molar-refractivity contribution in [2.45, 2.75) is 0 Å². The minimum Gasteiger partial charge on any atom is -0.454 e. The van der Waals surface area contributed by atoms with E-state index in [4.69, 9.17) is 26.4 Å². The van der Waals surface area contributed by atoms with E-state index in [9.17, 15) is 4.79 Å². The van der Waals surface area contributed by atoms with Crippen molar-refractivity contribution in [3.63, 3.8) is 0 Å². The van der Waals surface area contributed by atoms with Crippen LogP contribution in [-0.2, 0) is 9.53 Å². The maximum Gasteiger partial charge on any atom is 0.294 e. The van der Waals surface area contributed by atoms with Gasteiger partial charge in [-0.25, -0.2) is 0 Å². The Balaban J connectivity index is 1.93. The summed E-state index contributed by atoms with van der Waals surface area (Å²) in [7, 11) is 0. The largest absolute Gasteiger partial charge is 0.454 e. The molecule has 1 N–H and O–H groups in total. The third-order valence-electron chi connectivity index (χ3n) is 2.34. The summed E-state index contributed by atoms with van der Waals surface area (Å²) in [5, 5.41) is 2.46. The van der Waals surface area contributed by atoms with Crippen LogP contribution >= 0.6 is 12.2 Å². The third kappa shape index (κ3) is 1.83. The van der Waals surface area contributed by atoms with Gasteiger partial charge in [0.2, 0.25) is 6.79 Å². The number of thiocarbonyl (C=S) groups is 1. The molecule has 0 unspecified atom stereocenters. The van der Waals surface area contributed by atoms with Gasteiger partial charge in [0, 0.05) is 0 Å². The first-order valence-electron chi connectivity index (χ1n) is 4.87. The van der Waals surface area contributed by atoms with E-state index >= 15 is 0 Å². The van der Waals surface area contributed by atoms with Crippen molar-refractivity contribution in [3.05, 3.63) is 29.5 Å². The van der Waals surface area contributed by atoms with E-state index in [-0.39, 0.29) is 23.6 Å². The quantitative estimate of drug-likeness (QED) is 0.598. The first-order valence-corrected chi connectivity index (χ1v) is 5.28. The monoisotopic (exact) mass is 249 g/mol. The Hall–Kier alpha value is -2.08. The highest BCUT2D eigenvalue weighted by molar-refractivity contribution is 7.80. The van der Waals surface area contributed by atoms with Gasteiger partial charge < -0.3 is 14.2 Å². The second-order valence-electron chi connectivity index (χ2n) is 3.46. The average Bonchev–Trinajstić information content (AvgIpc) is 2.85. The van der Waals surface area contributed by atoms with Crippen LogP contribution in [0.3, 0.4) is 0 Å². The molecule has 5 nitrogen and oxygen atoms in total. The van der Waals surface area contributed by atoms with Crippen molar-refractivity contribution in [1.29, 1.82) is 0 Å². The highest BCUT2D eigenvalue weighted by atomic mass is 32.1. The van der Waals surface area contributed by atoms with Crippen LogP contribution in [0.5, 0.6) is 11.5 Å². The molecular weight excluding hydrogens is 242 g/mol. The number of amides is 1. The zero-order valence-corrected chi connectivity index (χ0v) is 9.37. The predicted octanol–water partition coefficient (Wildman–Crippen LogP) is 1.19. The Morgan fingerprint density at radius 2 is 2.12 bits per heavy atom. The summed E-state index contributed by atoms with van der Waals surface area (Å²) in [6.07, 6.45) is 1.59. The first-order chi connectivity index (χ1) is 8.22. The Labute approximate surface area is 102 Å². The van der Waals surface area contributed by atoms with Crippen molar-refractivity contribution >= 4 is 29.4 Å². The fourth-order valence-electron chi connectivity index (χ4n) is 1.58. The molecule has 0 radical (unpaired) electrons. The topological polar surface area (TPSA) is 56.8 Å². The van der Waals surface area contributed by atoms with Gasteiger partial charge in [0.1, 0.15) is 0 Å². The van der Waals surface area contributed by atoms with Gasteiger partial charge in [0.05, 0.1) is 0 Å². The molecule has 1 aromatic carbocycles. The number of benzene rings is 1. The maximum absolute atomic E-state index is 11.4. The lowest BCUT2D eigenvalue weighted by Crippen LogP contribution is -2.18. The molecule has 0 atom stereocenters. The molecule has 0 saturated carbocycles. The minimum atomic E-state index is -0.340. The van der Waals surface area contributed by atoms with Crippen LogP contribution in [0.25, 0.3) is 6.08 Å². The van der Waals surface area contributed by atoms with Crippen LogP contribution in [-0.4, -0.2) is 17.9 Å². The molecule has 0 bridgehead atoms. The van der Waals surface area contributed by atoms with Crippen molar-refractivity contribution in [2.75, 3.05) is 6.79 Å². The van der Waals surface area contributed by atoms with Crippen LogP contribution < -0.4 is 14.8 Å². The number of rotatable bonds is 1. The molecular formula is C11H7NO4S. The van der Waals surface area contributed by atoms with Gasteiger partial charge in [-0.2, -0.15) is 0 Å². The molecule has 0 aliphatic carbocycles. The summed E-state index contributed by atoms with van der Waals surface area (Å²) >= 11 is 4.73. The van der Waals surface area contributed by atoms with Crippen molar-refractivity contribution in [3.8, 4) is 11.5 Å². The van der Waals surface area contributed by atoms with Gasteiger partial charge >= 0.3 is 0 Å². The number of carbonyl (C=O) groups excluding carboxylic acids is 1. The van der Waals surface area contributed by atoms with Crippen LogP contribution in [0.15, 0.2) is 24.0 Å². The Morgan fingerprint density at radius 1 is 1.29 bits per heavy atom. The van der Waals surface area contributed by atoms with Gasteiger partial charge in [-0.1, -0.05) is 6.07 Å². The second kappa shape index (κ2) is 3.74. The standard InChI is InChI=1S/C11H7NO4S/c13-10-9(16-11(17)12-10)4-6-1-2-7-8(3-6)15-5-14-7/h1-4H,5H2,(H,12,13,17)/b9-4+. The summed E-state index contributed by atoms with van der Waals surface area (Å²) < 4.78 is 15.5. The van der Waals surface area contributed by atoms with Crippen LogP contribution in [0.1, 0.15) is 5.56 Å². The van der Waals surface area contributed by atoms with E-state index in [1.165, 1.54) is 0 Å². The minimum absolute atomic E-state index is 0.0713. The van der Waals surface area contributed by atoms with Crippen molar-refractivity contribution < 1.29 is 19.0 Å². The van der Waals surface area contributed by atoms with Gasteiger partial charge in [0.15, 0.2) is 17.3 Å². The number of ether oxygens (including phenoxy) is 3. The van der Waals surface area contributed by atoms with E-state index in [0.29, 0.717) is 11.5 Å². The molecule has 86 valence electrons. The van der Waals surface area contributed by atoms with E-state index in [1.54, 1.807) is 24.3 Å². The number of hydrogen-bond acceptors (Lipinski definition) is 5. The van der Waals surface area contributed by atoms with Crippen molar-refractivity contribution in [1.82, 2.24) is 5.32 Å². The second-order valence-corrected chi connectivity index (χ2v) is 3.84. The summed E-state index contributed by atoms with van der Waals surface area (Å²) in [6.45, 7) is 0.219. The van der Waals surface area contributed by atoms with Crippen LogP contribution in [0.4, 0.5) is 0 Å². The van der Waals surface area contributed by atoms with Crippen LogP contribution in [0, 0.1) is 0 Å². The van der Waals surface area contributed by atoms with Crippen molar-refractivity contribution in [2.24, 2.45) is 0 Å². The SMILES string of the molecule is O=C1NC(=S)O/C1=C/c1ccc2c(c1)OCO2. The highest BCUT2D eigenvalue weighted by Crippen LogP contribution is 2.33. The summed E-state index contributed by atoms with van der Waals surface area (Å²) in [5.74, 6) is 1.18. The van der Waals surface area contributed by atoms with Gasteiger partial charge in [-0.3, -0.25) is 10.1 Å². The molecule has 2 aliphatic rings. The summed E-state index contributed by atoms with van der Waals surface area (Å²) in [6, 6.07) is 5.35.